The first-order valence-electron chi connectivity index (χ1n) is 6.34. The molecule has 0 aliphatic heterocycles. The molecule has 0 fully saturated rings. The molecule has 0 radical (unpaired) electrons. The Bertz CT molecular complexity index is 760. The molecular weight excluding hydrogens is 273 g/mol. The smallest absolute Gasteiger partial charge is 0.258 e. The number of phenolic OH excluding ortho intramolecular Hbond substituents is 1. The number of amides is 1. The predicted molar refractivity (Wildman–Crippen MR) is 75.3 cm³/mol. The summed E-state index contributed by atoms with van der Waals surface area (Å²) in [6.45, 7) is 0.112. The highest BCUT2D eigenvalue weighted by atomic mass is 19.1. The van der Waals surface area contributed by atoms with Gasteiger partial charge in [-0.15, -0.1) is 0 Å². The molecule has 0 unspecified atom stereocenters. The fourth-order valence-corrected chi connectivity index (χ4v) is 2.08. The minimum atomic E-state index is -0.767. The number of hydrogen-bond donors (Lipinski definition) is 3. The maximum atomic E-state index is 13.5. The first-order valence-corrected chi connectivity index (χ1v) is 6.34. The number of phenols is 1. The van der Waals surface area contributed by atoms with Crippen LogP contribution in [0.15, 0.2) is 42.5 Å². The summed E-state index contributed by atoms with van der Waals surface area (Å²) in [6, 6.07) is 11.2. The number of fused-ring (bicyclic) bond motifs is 1. The number of aromatic amines is 1. The number of nitrogens with zero attached hydrogens (tertiary/aromatic N) is 1. The monoisotopic (exact) mass is 285 g/mol. The van der Waals surface area contributed by atoms with Crippen LogP contribution in [0.1, 0.15) is 16.2 Å². The number of carbonyl (C=O) groups is 1. The minimum absolute atomic E-state index is 0.112. The van der Waals surface area contributed by atoms with Gasteiger partial charge in [-0.2, -0.15) is 0 Å². The highest BCUT2D eigenvalue weighted by Gasteiger charge is 2.16. The minimum Gasteiger partial charge on any atom is -0.507 e. The SMILES string of the molecule is O=C(NCc1nc2ccccc2[nH]1)c1c(O)cccc1F. The number of benzene rings is 2. The maximum absolute atomic E-state index is 13.5. The van der Waals surface area contributed by atoms with Crippen LogP contribution in [-0.2, 0) is 6.54 Å². The van der Waals surface area contributed by atoms with E-state index in [-0.39, 0.29) is 12.1 Å². The first kappa shape index (κ1) is 13.1. The number of rotatable bonds is 3. The van der Waals surface area contributed by atoms with E-state index < -0.39 is 17.5 Å². The van der Waals surface area contributed by atoms with Gasteiger partial charge in [-0.3, -0.25) is 4.79 Å². The largest absolute Gasteiger partial charge is 0.507 e. The molecule has 0 atom stereocenters. The van der Waals surface area contributed by atoms with Crippen molar-refractivity contribution in [1.82, 2.24) is 15.3 Å². The lowest BCUT2D eigenvalue weighted by atomic mass is 10.1. The Labute approximate surface area is 119 Å². The third kappa shape index (κ3) is 2.55. The fraction of sp³-hybridized carbons (Fsp3) is 0.0667. The number of H-pyrrole nitrogens is 1. The molecule has 0 aliphatic carbocycles. The van der Waals surface area contributed by atoms with Crippen LogP contribution in [0.4, 0.5) is 4.39 Å². The Kier molecular flexibility index (Phi) is 3.27. The summed E-state index contributed by atoms with van der Waals surface area (Å²) in [5, 5.41) is 12.1. The van der Waals surface area contributed by atoms with E-state index in [0.717, 1.165) is 17.1 Å². The molecule has 3 N–H and O–H groups in total. The van der Waals surface area contributed by atoms with E-state index in [0.29, 0.717) is 5.82 Å². The summed E-state index contributed by atoms with van der Waals surface area (Å²) in [5.74, 6) is -1.29. The van der Waals surface area contributed by atoms with Crippen molar-refractivity contribution >= 4 is 16.9 Å². The number of hydrogen-bond acceptors (Lipinski definition) is 3. The standard InChI is InChI=1S/C15H12FN3O2/c16-9-4-3-7-12(20)14(9)15(21)17-8-13-18-10-5-1-2-6-11(10)19-13/h1-7,20H,8H2,(H,17,21)(H,18,19). The van der Waals surface area contributed by atoms with Gasteiger partial charge in [0.25, 0.3) is 5.91 Å². The lowest BCUT2D eigenvalue weighted by Gasteiger charge is -2.06. The van der Waals surface area contributed by atoms with Crippen molar-refractivity contribution in [2.45, 2.75) is 6.54 Å². The highest BCUT2D eigenvalue weighted by Crippen LogP contribution is 2.19. The third-order valence-electron chi connectivity index (χ3n) is 3.07. The van der Waals surface area contributed by atoms with Crippen LogP contribution in [0.2, 0.25) is 0 Å². The van der Waals surface area contributed by atoms with Crippen molar-refractivity contribution in [1.29, 1.82) is 0 Å². The molecule has 1 amide bonds. The summed E-state index contributed by atoms with van der Waals surface area (Å²) in [6.07, 6.45) is 0. The molecule has 0 spiro atoms. The van der Waals surface area contributed by atoms with Gasteiger partial charge < -0.3 is 15.4 Å². The zero-order chi connectivity index (χ0) is 14.8. The fourth-order valence-electron chi connectivity index (χ4n) is 2.08. The topological polar surface area (TPSA) is 78.0 Å². The molecular formula is C15H12FN3O2. The number of aromatic hydroxyl groups is 1. The molecule has 2 aromatic carbocycles. The van der Waals surface area contributed by atoms with Crippen LogP contribution < -0.4 is 5.32 Å². The number of imidazole rings is 1. The van der Waals surface area contributed by atoms with E-state index in [1.807, 2.05) is 24.3 Å². The van der Waals surface area contributed by atoms with Crippen LogP contribution in [-0.4, -0.2) is 21.0 Å². The molecule has 0 saturated carbocycles. The van der Waals surface area contributed by atoms with Gasteiger partial charge in [0.05, 0.1) is 17.6 Å². The van der Waals surface area contributed by atoms with Gasteiger partial charge in [-0.1, -0.05) is 18.2 Å². The van der Waals surface area contributed by atoms with Crippen LogP contribution in [0.25, 0.3) is 11.0 Å². The molecule has 6 heteroatoms. The van der Waals surface area contributed by atoms with Gasteiger partial charge in [0, 0.05) is 0 Å². The Balaban J connectivity index is 1.76. The molecule has 3 aromatic rings. The van der Waals surface area contributed by atoms with Crippen LogP contribution >= 0.6 is 0 Å². The zero-order valence-electron chi connectivity index (χ0n) is 10.9. The Morgan fingerprint density at radius 2 is 2.05 bits per heavy atom. The number of para-hydroxylation sites is 2. The van der Waals surface area contributed by atoms with Crippen LogP contribution in [0, 0.1) is 5.82 Å². The van der Waals surface area contributed by atoms with E-state index in [1.54, 1.807) is 0 Å². The molecule has 3 rings (SSSR count). The molecule has 5 nitrogen and oxygen atoms in total. The summed E-state index contributed by atoms with van der Waals surface area (Å²) in [5.41, 5.74) is 1.28. The van der Waals surface area contributed by atoms with Crippen molar-refractivity contribution in [3.05, 3.63) is 59.7 Å². The molecule has 1 heterocycles. The number of carbonyl (C=O) groups excluding carboxylic acids is 1. The van der Waals surface area contributed by atoms with Crippen molar-refractivity contribution in [3.8, 4) is 5.75 Å². The second-order valence-electron chi connectivity index (χ2n) is 4.52. The first-order chi connectivity index (χ1) is 10.1. The van der Waals surface area contributed by atoms with Crippen LogP contribution in [0.3, 0.4) is 0 Å². The Hall–Kier alpha value is -2.89. The van der Waals surface area contributed by atoms with Crippen molar-refractivity contribution in [2.24, 2.45) is 0 Å². The lowest BCUT2D eigenvalue weighted by Crippen LogP contribution is -2.24. The number of halogens is 1. The highest BCUT2D eigenvalue weighted by molar-refractivity contribution is 5.97. The van der Waals surface area contributed by atoms with Gasteiger partial charge in [-0.25, -0.2) is 9.37 Å². The van der Waals surface area contributed by atoms with Gasteiger partial charge in [0.1, 0.15) is 23.0 Å². The van der Waals surface area contributed by atoms with Crippen LogP contribution in [0.5, 0.6) is 5.75 Å². The Morgan fingerprint density at radius 3 is 2.81 bits per heavy atom. The van der Waals surface area contributed by atoms with Crippen molar-refractivity contribution < 1.29 is 14.3 Å². The quantitative estimate of drug-likeness (QED) is 0.691. The van der Waals surface area contributed by atoms with Crippen molar-refractivity contribution in [2.75, 3.05) is 0 Å². The zero-order valence-corrected chi connectivity index (χ0v) is 10.9. The van der Waals surface area contributed by atoms with E-state index in [2.05, 4.69) is 15.3 Å². The summed E-state index contributed by atoms with van der Waals surface area (Å²) in [7, 11) is 0. The molecule has 0 saturated heterocycles. The molecule has 0 aliphatic rings. The van der Waals surface area contributed by atoms with E-state index >= 15 is 0 Å². The molecule has 0 bridgehead atoms. The molecule has 21 heavy (non-hydrogen) atoms. The summed E-state index contributed by atoms with van der Waals surface area (Å²) >= 11 is 0. The van der Waals surface area contributed by atoms with E-state index in [9.17, 15) is 14.3 Å². The molecule has 1 aromatic heterocycles. The number of aromatic nitrogens is 2. The van der Waals surface area contributed by atoms with E-state index in [1.165, 1.54) is 12.1 Å². The summed E-state index contributed by atoms with van der Waals surface area (Å²) in [4.78, 5) is 19.3. The Morgan fingerprint density at radius 1 is 1.24 bits per heavy atom. The lowest BCUT2D eigenvalue weighted by molar-refractivity contribution is 0.0943. The van der Waals surface area contributed by atoms with E-state index in [4.69, 9.17) is 0 Å². The average Bonchev–Trinajstić information content (AvgIpc) is 2.87. The normalized spacial score (nSPS) is 10.7. The predicted octanol–water partition coefficient (Wildman–Crippen LogP) is 2.34. The maximum Gasteiger partial charge on any atom is 0.258 e. The van der Waals surface area contributed by atoms with Crippen molar-refractivity contribution in [3.63, 3.8) is 0 Å². The molecule has 106 valence electrons. The second kappa shape index (κ2) is 5.24. The van der Waals surface area contributed by atoms with Gasteiger partial charge in [-0.05, 0) is 24.3 Å². The number of nitrogens with one attached hydrogen (secondary N) is 2. The van der Waals surface area contributed by atoms with Gasteiger partial charge in [0.15, 0.2) is 0 Å². The second-order valence-corrected chi connectivity index (χ2v) is 4.52. The van der Waals surface area contributed by atoms with Gasteiger partial charge in [0.2, 0.25) is 0 Å². The third-order valence-corrected chi connectivity index (χ3v) is 3.07. The average molecular weight is 285 g/mol. The summed E-state index contributed by atoms with van der Waals surface area (Å²) < 4.78 is 13.5. The van der Waals surface area contributed by atoms with Gasteiger partial charge >= 0.3 is 0 Å².